The molecule has 5 rings (SSSR count). The lowest BCUT2D eigenvalue weighted by Gasteiger charge is -2.28. The molecule has 3 aliphatic heterocycles. The van der Waals surface area contributed by atoms with Gasteiger partial charge in [-0.2, -0.15) is 31.6 Å². The van der Waals surface area contributed by atoms with E-state index in [1.165, 1.54) is 6.07 Å². The van der Waals surface area contributed by atoms with Crippen molar-refractivity contribution in [2.45, 2.75) is 24.8 Å². The first-order valence-corrected chi connectivity index (χ1v) is 10.4. The molecule has 1 atom stereocenters. The Morgan fingerprint density at radius 3 is 2.27 bits per heavy atom. The number of amides is 4. The number of anilines is 1. The van der Waals surface area contributed by atoms with Crippen LogP contribution in [0.5, 0.6) is 0 Å². The Labute approximate surface area is 202 Å². The molecule has 14 heteroatoms. The van der Waals surface area contributed by atoms with Gasteiger partial charge in [-0.25, -0.2) is 14.1 Å². The number of nitriles is 1. The van der Waals surface area contributed by atoms with Gasteiger partial charge in [-0.15, -0.1) is 0 Å². The number of halogens is 7. The zero-order chi connectivity index (χ0) is 27.0. The summed E-state index contributed by atoms with van der Waals surface area (Å²) in [5, 5.41) is 8.97. The van der Waals surface area contributed by atoms with Crippen LogP contribution in [-0.2, 0) is 17.1 Å². The number of carbonyl (C=O) groups excluding carboxylic acids is 3. The topological polar surface area (TPSA) is 84.7 Å². The third kappa shape index (κ3) is 3.61. The number of hydrogen-bond acceptors (Lipinski definition) is 4. The van der Waals surface area contributed by atoms with Gasteiger partial charge in [0.15, 0.2) is 0 Å². The molecule has 0 saturated carbocycles. The number of likely N-dealkylation sites (tertiary alicyclic amines) is 1. The number of rotatable bonds is 2. The number of carbonyl (C=O) groups is 3. The molecule has 190 valence electrons. The van der Waals surface area contributed by atoms with Gasteiger partial charge in [-0.05, 0) is 36.4 Å². The van der Waals surface area contributed by atoms with Gasteiger partial charge in [-0.1, -0.05) is 0 Å². The van der Waals surface area contributed by atoms with Gasteiger partial charge in [0.1, 0.15) is 11.5 Å². The van der Waals surface area contributed by atoms with Crippen molar-refractivity contribution in [2.24, 2.45) is 0 Å². The van der Waals surface area contributed by atoms with Crippen molar-refractivity contribution in [2.75, 3.05) is 11.4 Å². The normalized spacial score (nSPS) is 19.2. The zero-order valence-corrected chi connectivity index (χ0v) is 18.1. The summed E-state index contributed by atoms with van der Waals surface area (Å²) in [6.45, 7) is -0.190. The fourth-order valence-corrected chi connectivity index (χ4v) is 4.68. The Balaban J connectivity index is 1.52. The molecule has 4 amide bonds. The van der Waals surface area contributed by atoms with E-state index in [2.05, 4.69) is 0 Å². The zero-order valence-electron chi connectivity index (χ0n) is 18.1. The highest BCUT2D eigenvalue weighted by atomic mass is 19.4. The van der Waals surface area contributed by atoms with Crippen LogP contribution in [0.1, 0.15) is 33.5 Å². The number of benzene rings is 2. The van der Waals surface area contributed by atoms with Crippen LogP contribution in [0.25, 0.3) is 0 Å². The smallest absolute Gasteiger partial charge is 0.308 e. The van der Waals surface area contributed by atoms with Crippen LogP contribution in [0.2, 0.25) is 0 Å². The maximum absolute atomic E-state index is 13.6. The fraction of sp³-hybridized carbons (Fsp3) is 0.217. The van der Waals surface area contributed by atoms with Crippen molar-refractivity contribution >= 4 is 23.5 Å². The molecule has 3 aliphatic rings. The summed E-state index contributed by atoms with van der Waals surface area (Å²) >= 11 is 0. The van der Waals surface area contributed by atoms with Gasteiger partial charge in [0, 0.05) is 18.5 Å². The monoisotopic (exact) mass is 524 g/mol. The van der Waals surface area contributed by atoms with E-state index in [4.69, 9.17) is 5.26 Å². The second-order valence-corrected chi connectivity index (χ2v) is 8.39. The van der Waals surface area contributed by atoms with Gasteiger partial charge < -0.3 is 4.90 Å². The molecule has 2 aromatic rings. The highest BCUT2D eigenvalue weighted by molar-refractivity contribution is 6.28. The Morgan fingerprint density at radius 2 is 1.65 bits per heavy atom. The molecule has 0 radical (unpaired) electrons. The minimum atomic E-state index is -5.06. The second-order valence-electron chi connectivity index (χ2n) is 8.39. The molecule has 0 N–H and O–H groups in total. The van der Waals surface area contributed by atoms with E-state index in [0.29, 0.717) is 23.1 Å². The first kappa shape index (κ1) is 24.3. The molecule has 7 nitrogen and oxygen atoms in total. The van der Waals surface area contributed by atoms with Crippen LogP contribution in [0.3, 0.4) is 0 Å². The van der Waals surface area contributed by atoms with Crippen molar-refractivity contribution in [1.29, 1.82) is 5.26 Å². The lowest BCUT2D eigenvalue weighted by molar-refractivity contribution is -0.140. The molecule has 0 aromatic heterocycles. The van der Waals surface area contributed by atoms with Crippen LogP contribution >= 0.6 is 0 Å². The van der Waals surface area contributed by atoms with E-state index in [-0.39, 0.29) is 24.4 Å². The molecule has 2 fully saturated rings. The number of hydrogen-bond donors (Lipinski definition) is 0. The first-order valence-electron chi connectivity index (χ1n) is 10.4. The number of alkyl halides is 6. The van der Waals surface area contributed by atoms with Crippen LogP contribution in [0.4, 0.5) is 41.2 Å². The van der Waals surface area contributed by atoms with Crippen molar-refractivity contribution in [1.82, 2.24) is 9.80 Å². The quantitative estimate of drug-likeness (QED) is 0.423. The van der Waals surface area contributed by atoms with E-state index in [9.17, 15) is 45.1 Å². The highest BCUT2D eigenvalue weighted by Gasteiger charge is 2.56. The van der Waals surface area contributed by atoms with E-state index in [1.807, 2.05) is 0 Å². The minimum Gasteiger partial charge on any atom is -0.308 e. The number of fused-ring (bicyclic) bond motifs is 4. The van der Waals surface area contributed by atoms with Crippen molar-refractivity contribution in [3.8, 4) is 6.07 Å². The van der Waals surface area contributed by atoms with Crippen LogP contribution < -0.4 is 4.90 Å². The molecule has 1 unspecified atom stereocenters. The largest absolute Gasteiger partial charge is 0.419 e. The Morgan fingerprint density at radius 1 is 0.973 bits per heavy atom. The molecule has 2 saturated heterocycles. The average Bonchev–Trinajstić information content (AvgIpc) is 3.48. The Bertz CT molecular complexity index is 1470. The lowest BCUT2D eigenvalue weighted by atomic mass is 10.1. The third-order valence-corrected chi connectivity index (χ3v) is 6.28. The van der Waals surface area contributed by atoms with Crippen LogP contribution in [0, 0.1) is 17.1 Å². The van der Waals surface area contributed by atoms with E-state index in [1.54, 1.807) is 0 Å². The summed E-state index contributed by atoms with van der Waals surface area (Å²) in [4.78, 5) is 41.7. The number of nitrogens with zero attached hydrogens (tertiary/aromatic N) is 4. The van der Waals surface area contributed by atoms with Crippen molar-refractivity contribution < 1.29 is 45.1 Å². The second kappa shape index (κ2) is 7.79. The summed E-state index contributed by atoms with van der Waals surface area (Å²) < 4.78 is 93.1. The fourth-order valence-electron chi connectivity index (χ4n) is 4.68. The SMILES string of the molecule is N#Cc1ccc(N2C(=O)C3=C4CC(CN4C(=O)c4ccc(F)c(C(F)(F)F)c4)N3C2=O)cc1C(F)(F)F. The first-order chi connectivity index (χ1) is 17.2. The molecule has 0 spiro atoms. The van der Waals surface area contributed by atoms with Gasteiger partial charge in [0.25, 0.3) is 11.8 Å². The van der Waals surface area contributed by atoms with Crippen molar-refractivity contribution in [3.05, 3.63) is 75.9 Å². The van der Waals surface area contributed by atoms with Crippen LogP contribution in [0.15, 0.2) is 47.8 Å². The molecular weight excluding hydrogens is 513 g/mol. The van der Waals surface area contributed by atoms with Crippen molar-refractivity contribution in [3.63, 3.8) is 0 Å². The summed E-state index contributed by atoms with van der Waals surface area (Å²) in [7, 11) is 0. The van der Waals surface area contributed by atoms with Gasteiger partial charge in [0.05, 0.1) is 40.2 Å². The predicted octanol–water partition coefficient (Wildman–Crippen LogP) is 4.64. The summed E-state index contributed by atoms with van der Waals surface area (Å²) in [6.07, 6.45) is -9.99. The van der Waals surface area contributed by atoms with Gasteiger partial charge in [-0.3, -0.25) is 14.5 Å². The molecule has 37 heavy (non-hydrogen) atoms. The Kier molecular flexibility index (Phi) is 5.12. The average molecular weight is 524 g/mol. The molecule has 2 aromatic carbocycles. The van der Waals surface area contributed by atoms with Gasteiger partial charge in [0.2, 0.25) is 0 Å². The van der Waals surface area contributed by atoms with E-state index >= 15 is 0 Å². The standard InChI is InChI=1S/C23H11F7N4O3/c24-16-4-2-10(5-15(16)23(28,29)30)19(35)32-9-13-7-17(32)18-20(36)34(21(37)33(13)18)12-3-1-11(8-31)14(6-12)22(25,26)27/h1-6,13H,7,9H2. The molecule has 0 aliphatic carbocycles. The summed E-state index contributed by atoms with van der Waals surface area (Å²) in [5.41, 5.74) is -4.95. The number of imide groups is 1. The van der Waals surface area contributed by atoms with Gasteiger partial charge >= 0.3 is 18.4 Å². The van der Waals surface area contributed by atoms with Crippen LogP contribution in [-0.4, -0.2) is 40.2 Å². The Hall–Kier alpha value is -4.41. The summed E-state index contributed by atoms with van der Waals surface area (Å²) in [5.74, 6) is -3.58. The highest BCUT2D eigenvalue weighted by Crippen LogP contribution is 2.45. The molecule has 3 heterocycles. The molecule has 2 bridgehead atoms. The number of urea groups is 1. The minimum absolute atomic E-state index is 0.0124. The van der Waals surface area contributed by atoms with E-state index < -0.39 is 70.0 Å². The maximum Gasteiger partial charge on any atom is 0.419 e. The summed E-state index contributed by atoms with van der Waals surface area (Å²) in [6, 6.07) is 3.64. The predicted molar refractivity (Wildman–Crippen MR) is 109 cm³/mol. The third-order valence-electron chi connectivity index (χ3n) is 6.28. The maximum atomic E-state index is 13.6. The van der Waals surface area contributed by atoms with E-state index in [0.717, 1.165) is 28.0 Å². The lowest BCUT2D eigenvalue weighted by Crippen LogP contribution is -2.43. The molecular formula is C23H11F7N4O3.